The smallest absolute Gasteiger partial charge is 0.251 e. The van der Waals surface area contributed by atoms with Crippen LogP contribution in [0.2, 0.25) is 0 Å². The van der Waals surface area contributed by atoms with Gasteiger partial charge in [0.2, 0.25) is 0 Å². The van der Waals surface area contributed by atoms with Crippen molar-refractivity contribution in [1.82, 2.24) is 5.32 Å². The molecule has 122 valence electrons. The zero-order valence-corrected chi connectivity index (χ0v) is 13.9. The first kappa shape index (κ1) is 16.9. The normalized spacial score (nSPS) is 11.1. The lowest BCUT2D eigenvalue weighted by Gasteiger charge is -2.19. The van der Waals surface area contributed by atoms with E-state index in [0.29, 0.717) is 24.4 Å². The van der Waals surface area contributed by atoms with Gasteiger partial charge in [0, 0.05) is 11.3 Å². The Morgan fingerprint density at radius 2 is 1.65 bits per heavy atom. The summed E-state index contributed by atoms with van der Waals surface area (Å²) < 4.78 is 5.54. The number of carbonyl (C=O) groups excluding carboxylic acids is 1. The summed E-state index contributed by atoms with van der Waals surface area (Å²) in [5.74, 6) is 0.648. The highest BCUT2D eigenvalue weighted by Gasteiger charge is 2.14. The molecule has 2 aromatic rings. The van der Waals surface area contributed by atoms with Gasteiger partial charge in [-0.3, -0.25) is 4.79 Å². The molecule has 0 saturated carbocycles. The Hall–Kier alpha value is -2.49. The molecule has 0 atom stereocenters. The molecule has 0 aliphatic heterocycles. The van der Waals surface area contributed by atoms with E-state index >= 15 is 0 Å². The van der Waals surface area contributed by atoms with Gasteiger partial charge in [-0.15, -0.1) is 0 Å². The Morgan fingerprint density at radius 3 is 2.22 bits per heavy atom. The fraction of sp³-hybridized carbons (Fsp3) is 0.316. The first-order valence-corrected chi connectivity index (χ1v) is 7.73. The quantitative estimate of drug-likeness (QED) is 0.657. The highest BCUT2D eigenvalue weighted by Crippen LogP contribution is 2.22. The molecule has 0 bridgehead atoms. The van der Waals surface area contributed by atoms with Crippen molar-refractivity contribution >= 4 is 11.6 Å². The molecule has 0 aliphatic carbocycles. The second-order valence-electron chi connectivity index (χ2n) is 6.50. The van der Waals surface area contributed by atoms with Gasteiger partial charge in [-0.2, -0.15) is 0 Å². The lowest BCUT2D eigenvalue weighted by atomic mass is 9.87. The number of hydrogen-bond donors (Lipinski definition) is 2. The van der Waals surface area contributed by atoms with Crippen LogP contribution in [0.4, 0.5) is 5.69 Å². The monoisotopic (exact) mass is 312 g/mol. The van der Waals surface area contributed by atoms with Gasteiger partial charge in [0.25, 0.3) is 5.91 Å². The van der Waals surface area contributed by atoms with E-state index in [1.165, 1.54) is 5.56 Å². The third kappa shape index (κ3) is 5.02. The van der Waals surface area contributed by atoms with Gasteiger partial charge >= 0.3 is 0 Å². The zero-order chi connectivity index (χ0) is 16.9. The average molecular weight is 312 g/mol. The van der Waals surface area contributed by atoms with Crippen LogP contribution in [0.25, 0.3) is 0 Å². The van der Waals surface area contributed by atoms with Crippen molar-refractivity contribution in [1.29, 1.82) is 0 Å². The molecular weight excluding hydrogens is 288 g/mol. The topological polar surface area (TPSA) is 64.3 Å². The van der Waals surface area contributed by atoms with Crippen LogP contribution in [0.1, 0.15) is 36.7 Å². The molecule has 2 rings (SSSR count). The molecule has 2 aromatic carbocycles. The van der Waals surface area contributed by atoms with E-state index in [4.69, 9.17) is 10.5 Å². The van der Waals surface area contributed by atoms with E-state index < -0.39 is 0 Å². The molecule has 3 N–H and O–H groups in total. The summed E-state index contributed by atoms with van der Waals surface area (Å²) in [7, 11) is 0. The lowest BCUT2D eigenvalue weighted by molar-refractivity contribution is 0.0947. The third-order valence-corrected chi connectivity index (χ3v) is 3.55. The summed E-state index contributed by atoms with van der Waals surface area (Å²) in [6.45, 7) is 7.31. The summed E-state index contributed by atoms with van der Waals surface area (Å²) in [5.41, 5.74) is 8.26. The number of ether oxygens (including phenoxy) is 1. The van der Waals surface area contributed by atoms with Gasteiger partial charge in [0.05, 0.1) is 6.54 Å². The first-order chi connectivity index (χ1) is 10.9. The van der Waals surface area contributed by atoms with Crippen molar-refractivity contribution in [2.45, 2.75) is 26.2 Å². The SMILES string of the molecule is CC(C)(C)c1ccc(C(=O)NCCOc2ccc(N)cc2)cc1. The highest BCUT2D eigenvalue weighted by atomic mass is 16.5. The van der Waals surface area contributed by atoms with Gasteiger partial charge in [0.1, 0.15) is 12.4 Å². The number of nitrogens with one attached hydrogen (secondary N) is 1. The first-order valence-electron chi connectivity index (χ1n) is 7.73. The van der Waals surface area contributed by atoms with E-state index in [0.717, 1.165) is 5.75 Å². The van der Waals surface area contributed by atoms with E-state index in [1.807, 2.05) is 36.4 Å². The van der Waals surface area contributed by atoms with Crippen LogP contribution in [0.3, 0.4) is 0 Å². The van der Waals surface area contributed by atoms with Crippen molar-refractivity contribution in [3.8, 4) is 5.75 Å². The van der Waals surface area contributed by atoms with Gasteiger partial charge in [-0.05, 0) is 47.4 Å². The summed E-state index contributed by atoms with van der Waals surface area (Å²) >= 11 is 0. The van der Waals surface area contributed by atoms with Crippen LogP contribution in [0.5, 0.6) is 5.75 Å². The average Bonchev–Trinajstić information content (AvgIpc) is 2.52. The Bertz CT molecular complexity index is 641. The third-order valence-electron chi connectivity index (χ3n) is 3.55. The predicted octanol–water partition coefficient (Wildman–Crippen LogP) is 3.38. The number of nitrogens with two attached hydrogens (primary N) is 1. The van der Waals surface area contributed by atoms with Crippen LogP contribution in [0.15, 0.2) is 48.5 Å². The van der Waals surface area contributed by atoms with Crippen LogP contribution in [-0.4, -0.2) is 19.1 Å². The summed E-state index contributed by atoms with van der Waals surface area (Å²) in [6.07, 6.45) is 0. The second kappa shape index (κ2) is 7.18. The Morgan fingerprint density at radius 1 is 1.04 bits per heavy atom. The highest BCUT2D eigenvalue weighted by molar-refractivity contribution is 5.94. The molecule has 0 heterocycles. The minimum Gasteiger partial charge on any atom is -0.492 e. The van der Waals surface area contributed by atoms with Crippen LogP contribution in [0, 0.1) is 0 Å². The van der Waals surface area contributed by atoms with E-state index in [2.05, 4.69) is 26.1 Å². The number of amides is 1. The lowest BCUT2D eigenvalue weighted by Crippen LogP contribution is -2.28. The molecule has 0 aliphatic rings. The standard InChI is InChI=1S/C19H24N2O2/c1-19(2,3)15-6-4-14(5-7-15)18(22)21-12-13-23-17-10-8-16(20)9-11-17/h4-11H,12-13,20H2,1-3H3,(H,21,22). The fourth-order valence-electron chi connectivity index (χ4n) is 2.12. The number of carbonyl (C=O) groups is 1. The molecule has 0 aromatic heterocycles. The minimum atomic E-state index is -0.0913. The molecule has 0 unspecified atom stereocenters. The van der Waals surface area contributed by atoms with Crippen LogP contribution < -0.4 is 15.8 Å². The van der Waals surface area contributed by atoms with Gasteiger partial charge in [-0.1, -0.05) is 32.9 Å². The van der Waals surface area contributed by atoms with Crippen LogP contribution in [-0.2, 0) is 5.41 Å². The molecule has 1 amide bonds. The Balaban J connectivity index is 1.79. The van der Waals surface area contributed by atoms with Crippen molar-refractivity contribution in [3.63, 3.8) is 0 Å². The maximum atomic E-state index is 12.1. The molecular formula is C19H24N2O2. The summed E-state index contributed by atoms with van der Waals surface area (Å²) in [4.78, 5) is 12.1. The second-order valence-corrected chi connectivity index (χ2v) is 6.50. The Labute approximate surface area is 137 Å². The molecule has 0 fully saturated rings. The van der Waals surface area contributed by atoms with Gasteiger partial charge in [-0.25, -0.2) is 0 Å². The molecule has 0 saturated heterocycles. The fourth-order valence-corrected chi connectivity index (χ4v) is 2.12. The number of anilines is 1. The molecule has 0 spiro atoms. The summed E-state index contributed by atoms with van der Waals surface area (Å²) in [6, 6.07) is 14.9. The maximum absolute atomic E-state index is 12.1. The van der Waals surface area contributed by atoms with Crippen molar-refractivity contribution in [3.05, 3.63) is 59.7 Å². The van der Waals surface area contributed by atoms with E-state index in [1.54, 1.807) is 12.1 Å². The molecule has 0 radical (unpaired) electrons. The van der Waals surface area contributed by atoms with Crippen molar-refractivity contribution in [2.24, 2.45) is 0 Å². The maximum Gasteiger partial charge on any atom is 0.251 e. The molecule has 23 heavy (non-hydrogen) atoms. The minimum absolute atomic E-state index is 0.0852. The number of nitrogen functional groups attached to an aromatic ring is 1. The van der Waals surface area contributed by atoms with Gasteiger partial charge in [0.15, 0.2) is 0 Å². The van der Waals surface area contributed by atoms with Crippen molar-refractivity contribution in [2.75, 3.05) is 18.9 Å². The predicted molar refractivity (Wildman–Crippen MR) is 93.8 cm³/mol. The number of benzene rings is 2. The Kier molecular flexibility index (Phi) is 5.27. The summed E-state index contributed by atoms with van der Waals surface area (Å²) in [5, 5.41) is 2.85. The van der Waals surface area contributed by atoms with Crippen molar-refractivity contribution < 1.29 is 9.53 Å². The van der Waals surface area contributed by atoms with Gasteiger partial charge < -0.3 is 15.8 Å². The largest absolute Gasteiger partial charge is 0.492 e. The molecule has 4 heteroatoms. The molecule has 4 nitrogen and oxygen atoms in total. The van der Waals surface area contributed by atoms with E-state index in [-0.39, 0.29) is 11.3 Å². The number of hydrogen-bond acceptors (Lipinski definition) is 3. The van der Waals surface area contributed by atoms with E-state index in [9.17, 15) is 4.79 Å². The van der Waals surface area contributed by atoms with Crippen LogP contribution >= 0.6 is 0 Å². The zero-order valence-electron chi connectivity index (χ0n) is 13.9. The number of rotatable bonds is 5.